The molecule has 0 aliphatic carbocycles. The van der Waals surface area contributed by atoms with Gasteiger partial charge < -0.3 is 19.5 Å². The Kier molecular flexibility index (Phi) is 7.68. The highest BCUT2D eigenvalue weighted by atomic mass is 16.6. The van der Waals surface area contributed by atoms with Crippen molar-refractivity contribution < 1.29 is 29.1 Å². The van der Waals surface area contributed by atoms with Crippen LogP contribution in [0.25, 0.3) is 5.76 Å². The third-order valence-electron chi connectivity index (χ3n) is 5.52. The van der Waals surface area contributed by atoms with Crippen LogP contribution in [0.15, 0.2) is 48.0 Å². The fourth-order valence-corrected chi connectivity index (χ4v) is 3.80. The maximum absolute atomic E-state index is 13.0. The number of aliphatic hydroxyl groups excluding tert-OH is 1. The minimum Gasteiger partial charge on any atom is -0.507 e. The molecule has 0 saturated carbocycles. The van der Waals surface area contributed by atoms with Crippen molar-refractivity contribution in [2.45, 2.75) is 26.8 Å². The van der Waals surface area contributed by atoms with Gasteiger partial charge in [-0.25, -0.2) is 0 Å². The molecule has 0 aromatic heterocycles. The Morgan fingerprint density at radius 1 is 1.18 bits per heavy atom. The molecule has 1 atom stereocenters. The molecule has 1 heterocycles. The van der Waals surface area contributed by atoms with E-state index in [4.69, 9.17) is 9.47 Å². The van der Waals surface area contributed by atoms with Crippen LogP contribution in [-0.2, 0) is 14.3 Å². The number of carbonyl (C=O) groups is 2. The monoisotopic (exact) mass is 468 g/mol. The summed E-state index contributed by atoms with van der Waals surface area (Å²) in [6, 6.07) is 9.70. The van der Waals surface area contributed by atoms with E-state index in [1.165, 1.54) is 36.3 Å². The molecule has 34 heavy (non-hydrogen) atoms. The molecule has 1 aliphatic heterocycles. The highest BCUT2D eigenvalue weighted by molar-refractivity contribution is 6.46. The molecule has 1 aliphatic rings. The molecular weight excluding hydrogens is 440 g/mol. The van der Waals surface area contributed by atoms with Crippen LogP contribution in [0.5, 0.6) is 5.75 Å². The first-order chi connectivity index (χ1) is 16.1. The standard InChI is InChI=1S/C25H28N2O7/c1-15(2)14-34-20-10-7-18(13-16(20)3)23(28)21-22(17-5-8-19(9-6-17)27(31)32)26(11-12-33-4)25(30)24(21)29/h5-10,13,15,22,28H,11-12,14H2,1-4H3. The largest absolute Gasteiger partial charge is 0.507 e. The Morgan fingerprint density at radius 3 is 2.41 bits per heavy atom. The third kappa shape index (κ3) is 5.09. The summed E-state index contributed by atoms with van der Waals surface area (Å²) in [5, 5.41) is 22.2. The highest BCUT2D eigenvalue weighted by Crippen LogP contribution is 2.40. The first-order valence-electron chi connectivity index (χ1n) is 10.9. The molecule has 1 unspecified atom stereocenters. The number of nitro benzene ring substituents is 1. The number of hydrogen-bond donors (Lipinski definition) is 1. The molecule has 1 amide bonds. The number of benzene rings is 2. The van der Waals surface area contributed by atoms with Crippen LogP contribution >= 0.6 is 0 Å². The van der Waals surface area contributed by atoms with E-state index >= 15 is 0 Å². The molecule has 9 nitrogen and oxygen atoms in total. The van der Waals surface area contributed by atoms with Crippen LogP contribution in [-0.4, -0.2) is 53.5 Å². The minimum absolute atomic E-state index is 0.0785. The predicted octanol–water partition coefficient (Wildman–Crippen LogP) is 4.01. The molecule has 0 radical (unpaired) electrons. The van der Waals surface area contributed by atoms with Crippen molar-refractivity contribution in [1.29, 1.82) is 0 Å². The summed E-state index contributed by atoms with van der Waals surface area (Å²) in [6.45, 7) is 6.74. The van der Waals surface area contributed by atoms with E-state index in [0.29, 0.717) is 29.4 Å². The summed E-state index contributed by atoms with van der Waals surface area (Å²) in [5.41, 5.74) is 1.41. The second-order valence-corrected chi connectivity index (χ2v) is 8.52. The van der Waals surface area contributed by atoms with Crippen molar-refractivity contribution in [1.82, 2.24) is 4.90 Å². The molecule has 9 heteroatoms. The lowest BCUT2D eigenvalue weighted by atomic mass is 9.94. The zero-order valence-corrected chi connectivity index (χ0v) is 19.6. The van der Waals surface area contributed by atoms with Gasteiger partial charge in [-0.15, -0.1) is 0 Å². The Labute approximate surface area is 197 Å². The first-order valence-corrected chi connectivity index (χ1v) is 10.9. The van der Waals surface area contributed by atoms with Crippen LogP contribution in [0.1, 0.15) is 36.6 Å². The number of hydrogen-bond acceptors (Lipinski definition) is 7. The number of likely N-dealkylation sites (tertiary alicyclic amines) is 1. The van der Waals surface area contributed by atoms with Gasteiger partial charge in [-0.2, -0.15) is 0 Å². The summed E-state index contributed by atoms with van der Waals surface area (Å²) in [6.07, 6.45) is 0. The molecule has 3 rings (SSSR count). The molecule has 180 valence electrons. The van der Waals surface area contributed by atoms with Gasteiger partial charge in [-0.3, -0.25) is 19.7 Å². The van der Waals surface area contributed by atoms with Gasteiger partial charge in [0.05, 0.1) is 29.8 Å². The number of rotatable bonds is 9. The molecular formula is C25H28N2O7. The average molecular weight is 469 g/mol. The van der Waals surface area contributed by atoms with Crippen molar-refractivity contribution in [2.24, 2.45) is 5.92 Å². The van der Waals surface area contributed by atoms with Crippen LogP contribution in [0, 0.1) is 23.0 Å². The summed E-state index contributed by atoms with van der Waals surface area (Å²) >= 11 is 0. The number of ether oxygens (including phenoxy) is 2. The number of nitro groups is 1. The maximum atomic E-state index is 13.0. The number of amides is 1. The number of Topliss-reactive ketones (excluding diaryl/α,β-unsaturated/α-hetero) is 1. The number of aryl methyl sites for hydroxylation is 1. The highest BCUT2D eigenvalue weighted by Gasteiger charge is 2.46. The van der Waals surface area contributed by atoms with E-state index < -0.39 is 22.7 Å². The SMILES string of the molecule is COCCN1C(=O)C(=O)C(=C(O)c2ccc(OCC(C)C)c(C)c2)C1c1ccc([N+](=O)[O-])cc1. The van der Waals surface area contributed by atoms with Gasteiger partial charge in [-0.1, -0.05) is 13.8 Å². The molecule has 1 N–H and O–H groups in total. The van der Waals surface area contributed by atoms with E-state index in [2.05, 4.69) is 0 Å². The van der Waals surface area contributed by atoms with E-state index in [0.717, 1.165) is 5.56 Å². The van der Waals surface area contributed by atoms with Crippen molar-refractivity contribution in [3.05, 3.63) is 74.8 Å². The molecule has 0 spiro atoms. The van der Waals surface area contributed by atoms with Crippen LogP contribution in [0.2, 0.25) is 0 Å². The Balaban J connectivity index is 2.08. The van der Waals surface area contributed by atoms with Crippen molar-refractivity contribution in [3.63, 3.8) is 0 Å². The number of ketones is 1. The summed E-state index contributed by atoms with van der Waals surface area (Å²) < 4.78 is 10.9. The second-order valence-electron chi connectivity index (χ2n) is 8.52. The van der Waals surface area contributed by atoms with Gasteiger partial charge in [0, 0.05) is 31.4 Å². The lowest BCUT2D eigenvalue weighted by Gasteiger charge is -2.25. The first kappa shape index (κ1) is 24.9. The zero-order chi connectivity index (χ0) is 25.0. The summed E-state index contributed by atoms with van der Waals surface area (Å²) in [4.78, 5) is 37.7. The van der Waals surface area contributed by atoms with Gasteiger partial charge in [0.25, 0.3) is 17.4 Å². The number of aliphatic hydroxyl groups is 1. The quantitative estimate of drug-likeness (QED) is 0.194. The number of nitrogens with zero attached hydrogens (tertiary/aromatic N) is 2. The summed E-state index contributed by atoms with van der Waals surface area (Å²) in [7, 11) is 1.48. The van der Waals surface area contributed by atoms with Gasteiger partial charge in [0.15, 0.2) is 0 Å². The Bertz CT molecular complexity index is 1120. The number of non-ortho nitro benzene ring substituents is 1. The predicted molar refractivity (Wildman–Crippen MR) is 125 cm³/mol. The molecule has 1 fully saturated rings. The second kappa shape index (κ2) is 10.5. The van der Waals surface area contributed by atoms with E-state index in [1.54, 1.807) is 18.2 Å². The van der Waals surface area contributed by atoms with Crippen molar-refractivity contribution in [2.75, 3.05) is 26.9 Å². The van der Waals surface area contributed by atoms with E-state index in [-0.39, 0.29) is 30.2 Å². The third-order valence-corrected chi connectivity index (χ3v) is 5.52. The average Bonchev–Trinajstić information content (AvgIpc) is 3.06. The normalized spacial score (nSPS) is 17.4. The van der Waals surface area contributed by atoms with Gasteiger partial charge >= 0.3 is 0 Å². The maximum Gasteiger partial charge on any atom is 0.295 e. The summed E-state index contributed by atoms with van der Waals surface area (Å²) in [5.74, 6) is -0.902. The Morgan fingerprint density at radius 2 is 1.85 bits per heavy atom. The zero-order valence-electron chi connectivity index (χ0n) is 19.6. The van der Waals surface area contributed by atoms with Gasteiger partial charge in [0.2, 0.25) is 0 Å². The fourth-order valence-electron chi connectivity index (χ4n) is 3.80. The van der Waals surface area contributed by atoms with Crippen LogP contribution in [0.3, 0.4) is 0 Å². The Hall–Kier alpha value is -3.72. The number of carbonyl (C=O) groups excluding carboxylic acids is 2. The fraction of sp³-hybridized carbons (Fsp3) is 0.360. The van der Waals surface area contributed by atoms with Gasteiger partial charge in [-0.05, 0) is 54.3 Å². The van der Waals surface area contributed by atoms with Crippen LogP contribution in [0.4, 0.5) is 5.69 Å². The lowest BCUT2D eigenvalue weighted by Crippen LogP contribution is -2.32. The van der Waals surface area contributed by atoms with Crippen molar-refractivity contribution in [3.8, 4) is 5.75 Å². The van der Waals surface area contributed by atoms with E-state index in [1.807, 2.05) is 20.8 Å². The van der Waals surface area contributed by atoms with Gasteiger partial charge in [0.1, 0.15) is 11.5 Å². The topological polar surface area (TPSA) is 119 Å². The van der Waals surface area contributed by atoms with Crippen LogP contribution < -0.4 is 4.74 Å². The van der Waals surface area contributed by atoms with Crippen molar-refractivity contribution >= 4 is 23.1 Å². The lowest BCUT2D eigenvalue weighted by molar-refractivity contribution is -0.384. The number of methoxy groups -OCH3 is 1. The molecule has 2 aromatic rings. The van der Waals surface area contributed by atoms with E-state index in [9.17, 15) is 24.8 Å². The smallest absolute Gasteiger partial charge is 0.295 e. The molecule has 1 saturated heterocycles. The molecule has 0 bridgehead atoms. The minimum atomic E-state index is -0.909. The molecule has 2 aromatic carbocycles.